The summed E-state index contributed by atoms with van der Waals surface area (Å²) >= 11 is 6.15. The van der Waals surface area contributed by atoms with Gasteiger partial charge in [0.2, 0.25) is 0 Å². The lowest BCUT2D eigenvalue weighted by Crippen LogP contribution is -2.41. The highest BCUT2D eigenvalue weighted by molar-refractivity contribution is 6.56. The van der Waals surface area contributed by atoms with Crippen LogP contribution in [0.5, 0.6) is 0 Å². The normalized spacial score (nSPS) is 17.3. The van der Waals surface area contributed by atoms with Crippen molar-refractivity contribution in [2.45, 2.75) is 45.5 Å². The van der Waals surface area contributed by atoms with Crippen LogP contribution in [0.1, 0.15) is 38.8 Å². The van der Waals surface area contributed by atoms with Crippen LogP contribution in [-0.2, 0) is 20.7 Å². The van der Waals surface area contributed by atoms with E-state index in [1.54, 1.807) is 12.1 Å². The number of hydrogen-bond donors (Lipinski definition) is 2. The molecule has 0 radical (unpaired) electrons. The molecule has 1 aliphatic rings. The summed E-state index contributed by atoms with van der Waals surface area (Å²) in [4.78, 5) is 12.3. The first-order valence-corrected chi connectivity index (χ1v) is 10.6. The van der Waals surface area contributed by atoms with Crippen molar-refractivity contribution in [3.8, 4) is 0 Å². The summed E-state index contributed by atoms with van der Waals surface area (Å²) in [7, 11) is -0.772. The summed E-state index contributed by atoms with van der Waals surface area (Å²) in [6.45, 7) is 7.86. The topological polar surface area (TPSA) is 82.8 Å². The van der Waals surface area contributed by atoms with Gasteiger partial charge >= 0.3 is 13.2 Å². The van der Waals surface area contributed by atoms with Crippen LogP contribution in [-0.4, -0.2) is 31.0 Å². The Morgan fingerprint density at radius 2 is 1.78 bits per heavy atom. The molecule has 0 bridgehead atoms. The Hall–Kier alpha value is -2.55. The van der Waals surface area contributed by atoms with Crippen LogP contribution in [0.4, 0.5) is 14.9 Å². The first-order valence-electron chi connectivity index (χ1n) is 10.2. The van der Waals surface area contributed by atoms with Crippen molar-refractivity contribution in [1.29, 1.82) is 0 Å². The lowest BCUT2D eigenvalue weighted by molar-refractivity contribution is 0.00578. The van der Waals surface area contributed by atoms with Gasteiger partial charge in [-0.25, -0.2) is 9.18 Å². The molecule has 32 heavy (non-hydrogen) atoms. The third-order valence-electron chi connectivity index (χ3n) is 5.69. The Kier molecular flexibility index (Phi) is 7.17. The van der Waals surface area contributed by atoms with Gasteiger partial charge in [0.25, 0.3) is 0 Å². The monoisotopic (exact) mass is 460 g/mol. The van der Waals surface area contributed by atoms with E-state index in [1.807, 2.05) is 58.0 Å². The molecule has 1 amide bonds. The Bertz CT molecular complexity index is 999. The fraction of sp³-hybridized carbons (Fsp3) is 0.348. The predicted molar refractivity (Wildman–Crippen MR) is 125 cm³/mol. The first kappa shape index (κ1) is 24.1. The molecule has 1 fully saturated rings. The molecule has 9 heteroatoms. The van der Waals surface area contributed by atoms with E-state index in [0.717, 1.165) is 5.56 Å². The number of halogens is 2. The largest absolute Gasteiger partial charge is 0.492 e. The maximum absolute atomic E-state index is 14.2. The number of carbonyl (C=O) groups is 1. The van der Waals surface area contributed by atoms with Gasteiger partial charge in [0.1, 0.15) is 6.61 Å². The summed E-state index contributed by atoms with van der Waals surface area (Å²) in [5.41, 5.74) is 6.16. The van der Waals surface area contributed by atoms with E-state index in [-0.39, 0.29) is 23.9 Å². The van der Waals surface area contributed by atoms with Crippen molar-refractivity contribution in [2.24, 2.45) is 0 Å². The van der Waals surface area contributed by atoms with E-state index in [9.17, 15) is 9.18 Å². The van der Waals surface area contributed by atoms with E-state index in [0.29, 0.717) is 11.0 Å². The van der Waals surface area contributed by atoms with Crippen molar-refractivity contribution in [1.82, 2.24) is 5.32 Å². The number of amides is 1. The molecule has 0 atom stereocenters. The standard InChI is InChI=1S/C23H27BClFN2O4/c1-22(2)23(3,4)32-24(31-22)17(12-16-10-11-18(27)20(26)19(16)25)13-28-21(29)30-14-15-8-6-5-7-9-15/h5-12H,13-14,27H2,1-4H3,(H,28,29). The number of hydrogen-bond acceptors (Lipinski definition) is 5. The second kappa shape index (κ2) is 9.52. The lowest BCUT2D eigenvalue weighted by Gasteiger charge is -2.32. The molecule has 3 N–H and O–H groups in total. The smallest absolute Gasteiger partial charge is 0.445 e. The highest BCUT2D eigenvalue weighted by Gasteiger charge is 2.52. The summed E-state index contributed by atoms with van der Waals surface area (Å²) in [6, 6.07) is 12.4. The van der Waals surface area contributed by atoms with Crippen molar-refractivity contribution in [3.05, 3.63) is 69.9 Å². The van der Waals surface area contributed by atoms with E-state index < -0.39 is 30.2 Å². The molecule has 2 aromatic rings. The highest BCUT2D eigenvalue weighted by atomic mass is 35.5. The van der Waals surface area contributed by atoms with Gasteiger partial charge in [0.05, 0.1) is 21.9 Å². The average Bonchev–Trinajstić information content (AvgIpc) is 2.97. The van der Waals surface area contributed by atoms with Crippen molar-refractivity contribution in [3.63, 3.8) is 0 Å². The zero-order chi connectivity index (χ0) is 23.5. The maximum Gasteiger partial charge on any atom is 0.492 e. The van der Waals surface area contributed by atoms with E-state index in [2.05, 4.69) is 5.32 Å². The van der Waals surface area contributed by atoms with Crippen LogP contribution in [0.2, 0.25) is 5.02 Å². The fourth-order valence-corrected chi connectivity index (χ4v) is 3.26. The zero-order valence-corrected chi connectivity index (χ0v) is 19.3. The molecule has 0 spiro atoms. The summed E-state index contributed by atoms with van der Waals surface area (Å²) in [5, 5.41) is 2.58. The number of benzene rings is 2. The van der Waals surface area contributed by atoms with Crippen molar-refractivity contribution < 1.29 is 23.2 Å². The fourth-order valence-electron chi connectivity index (χ4n) is 3.04. The number of nitrogens with one attached hydrogen (secondary N) is 1. The van der Waals surface area contributed by atoms with Crippen LogP contribution in [0.15, 0.2) is 47.9 Å². The Labute approximate surface area is 193 Å². The number of anilines is 1. The second-order valence-corrected chi connectivity index (χ2v) is 8.97. The minimum absolute atomic E-state index is 0.0484. The van der Waals surface area contributed by atoms with Gasteiger partial charge in [0.15, 0.2) is 5.82 Å². The molecule has 170 valence electrons. The molecular weight excluding hydrogens is 434 g/mol. The van der Waals surface area contributed by atoms with Crippen molar-refractivity contribution >= 4 is 36.6 Å². The quantitative estimate of drug-likeness (QED) is 0.468. The number of carbonyl (C=O) groups excluding carboxylic acids is 1. The molecule has 2 aromatic carbocycles. The summed E-state index contributed by atoms with van der Waals surface area (Å²) < 4.78 is 31.7. The number of alkyl carbamates (subject to hydrolysis) is 1. The Morgan fingerprint density at radius 1 is 1.16 bits per heavy atom. The maximum atomic E-state index is 14.2. The van der Waals surface area contributed by atoms with Crippen LogP contribution >= 0.6 is 11.6 Å². The first-order chi connectivity index (χ1) is 15.0. The van der Waals surface area contributed by atoms with Gasteiger partial charge in [-0.2, -0.15) is 0 Å². The van der Waals surface area contributed by atoms with Crippen LogP contribution in [0.3, 0.4) is 0 Å². The minimum atomic E-state index is -0.772. The number of nitrogens with two attached hydrogens (primary N) is 1. The van der Waals surface area contributed by atoms with Gasteiger partial charge in [-0.05, 0) is 50.4 Å². The Morgan fingerprint density at radius 3 is 2.41 bits per heavy atom. The molecule has 1 aliphatic heterocycles. The molecular formula is C23H27BClFN2O4. The van der Waals surface area contributed by atoms with E-state index in [4.69, 9.17) is 31.4 Å². The van der Waals surface area contributed by atoms with E-state index in [1.165, 1.54) is 6.07 Å². The van der Waals surface area contributed by atoms with Gasteiger partial charge in [0, 0.05) is 6.54 Å². The van der Waals surface area contributed by atoms with Crippen LogP contribution in [0.25, 0.3) is 6.08 Å². The van der Waals surface area contributed by atoms with Crippen LogP contribution in [0, 0.1) is 5.82 Å². The SMILES string of the molecule is CC1(C)OB(C(=Cc2ccc(N)c(F)c2Cl)CNC(=O)OCc2ccccc2)OC1(C)C. The number of ether oxygens (including phenoxy) is 1. The summed E-state index contributed by atoms with van der Waals surface area (Å²) in [6.07, 6.45) is 1.02. The molecule has 1 heterocycles. The average molecular weight is 461 g/mol. The minimum Gasteiger partial charge on any atom is -0.445 e. The zero-order valence-electron chi connectivity index (χ0n) is 18.6. The third-order valence-corrected chi connectivity index (χ3v) is 6.07. The molecule has 0 aromatic heterocycles. The molecule has 0 unspecified atom stereocenters. The van der Waals surface area contributed by atoms with Gasteiger partial charge < -0.3 is 25.1 Å². The van der Waals surface area contributed by atoms with Crippen molar-refractivity contribution in [2.75, 3.05) is 12.3 Å². The predicted octanol–water partition coefficient (Wildman–Crippen LogP) is 5.00. The molecule has 3 rings (SSSR count). The highest BCUT2D eigenvalue weighted by Crippen LogP contribution is 2.39. The van der Waals surface area contributed by atoms with Gasteiger partial charge in [-0.3, -0.25) is 0 Å². The van der Waals surface area contributed by atoms with E-state index >= 15 is 0 Å². The van der Waals surface area contributed by atoms with Gasteiger partial charge in [-0.15, -0.1) is 0 Å². The Balaban J connectivity index is 1.78. The molecule has 1 saturated heterocycles. The van der Waals surface area contributed by atoms with Gasteiger partial charge in [-0.1, -0.05) is 54.1 Å². The molecule has 0 saturated carbocycles. The third kappa shape index (κ3) is 5.44. The second-order valence-electron chi connectivity index (χ2n) is 8.59. The summed E-state index contributed by atoms with van der Waals surface area (Å²) in [5.74, 6) is -0.705. The number of rotatable bonds is 6. The van der Waals surface area contributed by atoms with Crippen LogP contribution < -0.4 is 11.1 Å². The lowest BCUT2D eigenvalue weighted by atomic mass is 9.77. The molecule has 6 nitrogen and oxygen atoms in total. The number of nitrogen functional groups attached to an aromatic ring is 1. The molecule has 0 aliphatic carbocycles.